The molecule has 2 aliphatic heterocycles. The first-order valence-electron chi connectivity index (χ1n) is 6.43. The van der Waals surface area contributed by atoms with Crippen molar-refractivity contribution in [1.29, 1.82) is 0 Å². The number of hydrogen-bond donors (Lipinski definition) is 2. The lowest BCUT2D eigenvalue weighted by Crippen LogP contribution is -2.45. The van der Waals surface area contributed by atoms with E-state index < -0.39 is 0 Å². The van der Waals surface area contributed by atoms with Gasteiger partial charge in [0.1, 0.15) is 0 Å². The van der Waals surface area contributed by atoms with Gasteiger partial charge in [-0.05, 0) is 45.7 Å². The summed E-state index contributed by atoms with van der Waals surface area (Å²) in [7, 11) is 0. The highest BCUT2D eigenvalue weighted by Crippen LogP contribution is 2.26. The van der Waals surface area contributed by atoms with Gasteiger partial charge in [-0.25, -0.2) is 0 Å². The summed E-state index contributed by atoms with van der Waals surface area (Å²) in [6, 6.07) is 1.47. The normalized spacial score (nSPS) is 34.0. The Morgan fingerprint density at radius 2 is 2.20 bits per heavy atom. The number of fused-ring (bicyclic) bond motifs is 1. The van der Waals surface area contributed by atoms with Gasteiger partial charge in [-0.3, -0.25) is 4.90 Å². The molecule has 2 aliphatic rings. The van der Waals surface area contributed by atoms with Crippen LogP contribution in [-0.4, -0.2) is 47.8 Å². The number of aliphatic hydroxyl groups excluding tert-OH is 1. The van der Waals surface area contributed by atoms with E-state index in [-0.39, 0.29) is 6.10 Å². The Morgan fingerprint density at radius 1 is 1.33 bits per heavy atom. The number of hydrogen-bond acceptors (Lipinski definition) is 3. The molecule has 2 fully saturated rings. The molecule has 2 N–H and O–H groups in total. The molecule has 0 amide bonds. The largest absolute Gasteiger partial charge is 0.393 e. The third-order valence-electron chi connectivity index (χ3n) is 3.82. The number of nitrogens with one attached hydrogen (secondary N) is 1. The van der Waals surface area contributed by atoms with E-state index in [1.54, 1.807) is 0 Å². The maximum absolute atomic E-state index is 9.21. The van der Waals surface area contributed by atoms with Crippen LogP contribution in [0.3, 0.4) is 0 Å². The summed E-state index contributed by atoms with van der Waals surface area (Å²) in [4.78, 5) is 2.64. The van der Waals surface area contributed by atoms with Crippen LogP contribution in [0.25, 0.3) is 0 Å². The molecule has 3 atom stereocenters. The van der Waals surface area contributed by atoms with Gasteiger partial charge in [0.15, 0.2) is 0 Å². The zero-order valence-electron chi connectivity index (χ0n) is 9.78. The van der Waals surface area contributed by atoms with Crippen molar-refractivity contribution in [3.8, 4) is 0 Å². The van der Waals surface area contributed by atoms with Crippen LogP contribution in [0.15, 0.2) is 0 Å². The molecule has 2 saturated heterocycles. The van der Waals surface area contributed by atoms with Crippen LogP contribution >= 0.6 is 0 Å². The van der Waals surface area contributed by atoms with Crippen molar-refractivity contribution in [3.63, 3.8) is 0 Å². The second-order valence-corrected chi connectivity index (χ2v) is 5.09. The molecule has 3 heteroatoms. The summed E-state index contributed by atoms with van der Waals surface area (Å²) in [5.41, 5.74) is 0. The van der Waals surface area contributed by atoms with Crippen molar-refractivity contribution < 1.29 is 5.11 Å². The average Bonchev–Trinajstić information content (AvgIpc) is 2.62. The van der Waals surface area contributed by atoms with Gasteiger partial charge in [-0.15, -0.1) is 0 Å². The number of aliphatic hydroxyl groups is 1. The summed E-state index contributed by atoms with van der Waals surface area (Å²) in [6.07, 6.45) is 6.16. The smallest absolute Gasteiger partial charge is 0.0524 e. The van der Waals surface area contributed by atoms with Crippen LogP contribution in [0.4, 0.5) is 0 Å². The van der Waals surface area contributed by atoms with Crippen LogP contribution in [0, 0.1) is 0 Å². The van der Waals surface area contributed by atoms with E-state index in [0.717, 1.165) is 19.0 Å². The first-order chi connectivity index (χ1) is 7.27. The molecule has 2 rings (SSSR count). The molecule has 3 unspecified atom stereocenters. The molecule has 0 bridgehead atoms. The van der Waals surface area contributed by atoms with Gasteiger partial charge >= 0.3 is 0 Å². The van der Waals surface area contributed by atoms with E-state index in [1.165, 1.54) is 38.8 Å². The molecule has 0 aromatic heterocycles. The van der Waals surface area contributed by atoms with Crippen LogP contribution in [0.2, 0.25) is 0 Å². The van der Waals surface area contributed by atoms with Crippen LogP contribution in [0.1, 0.15) is 39.0 Å². The Bertz CT molecular complexity index is 196. The van der Waals surface area contributed by atoms with Gasteiger partial charge in [0.25, 0.3) is 0 Å². The van der Waals surface area contributed by atoms with Crippen LogP contribution in [-0.2, 0) is 0 Å². The average molecular weight is 212 g/mol. The zero-order valence-corrected chi connectivity index (χ0v) is 9.78. The van der Waals surface area contributed by atoms with E-state index in [1.807, 2.05) is 6.92 Å². The van der Waals surface area contributed by atoms with Crippen molar-refractivity contribution in [2.45, 2.75) is 57.2 Å². The number of rotatable bonds is 4. The van der Waals surface area contributed by atoms with Crippen molar-refractivity contribution in [2.24, 2.45) is 0 Å². The van der Waals surface area contributed by atoms with Crippen molar-refractivity contribution in [2.75, 3.05) is 19.6 Å². The summed E-state index contributed by atoms with van der Waals surface area (Å²) in [5, 5.41) is 12.8. The maximum atomic E-state index is 9.21. The first kappa shape index (κ1) is 11.4. The van der Waals surface area contributed by atoms with Gasteiger partial charge in [0.2, 0.25) is 0 Å². The fourth-order valence-electron chi connectivity index (χ4n) is 2.96. The van der Waals surface area contributed by atoms with Gasteiger partial charge < -0.3 is 10.4 Å². The minimum absolute atomic E-state index is 0.165. The molecule has 0 saturated carbocycles. The minimum Gasteiger partial charge on any atom is -0.393 e. The molecule has 0 aromatic rings. The second kappa shape index (κ2) is 5.28. The van der Waals surface area contributed by atoms with Crippen LogP contribution < -0.4 is 5.32 Å². The molecule has 0 radical (unpaired) electrons. The SMILES string of the molecule is CC(O)CCNC1CCN2CCCCC12. The van der Waals surface area contributed by atoms with E-state index in [4.69, 9.17) is 0 Å². The molecule has 15 heavy (non-hydrogen) atoms. The Labute approximate surface area is 92.8 Å². The zero-order chi connectivity index (χ0) is 10.7. The van der Waals surface area contributed by atoms with Crippen molar-refractivity contribution in [1.82, 2.24) is 10.2 Å². The number of nitrogens with zero attached hydrogens (tertiary/aromatic N) is 1. The highest BCUT2D eigenvalue weighted by molar-refractivity contribution is 4.93. The summed E-state index contributed by atoms with van der Waals surface area (Å²) < 4.78 is 0. The minimum atomic E-state index is -0.165. The molecular weight excluding hydrogens is 188 g/mol. The Kier molecular flexibility index (Phi) is 4.00. The molecule has 88 valence electrons. The summed E-state index contributed by atoms with van der Waals surface area (Å²) >= 11 is 0. The lowest BCUT2D eigenvalue weighted by atomic mass is 9.99. The highest BCUT2D eigenvalue weighted by atomic mass is 16.3. The fourth-order valence-corrected chi connectivity index (χ4v) is 2.96. The number of piperidine rings is 1. The van der Waals surface area contributed by atoms with Crippen molar-refractivity contribution in [3.05, 3.63) is 0 Å². The predicted octanol–water partition coefficient (Wildman–Crippen LogP) is 0.974. The highest BCUT2D eigenvalue weighted by Gasteiger charge is 2.34. The van der Waals surface area contributed by atoms with Crippen LogP contribution in [0.5, 0.6) is 0 Å². The van der Waals surface area contributed by atoms with E-state index >= 15 is 0 Å². The Hall–Kier alpha value is -0.120. The Morgan fingerprint density at radius 3 is 3.00 bits per heavy atom. The second-order valence-electron chi connectivity index (χ2n) is 5.09. The molecule has 0 aliphatic carbocycles. The topological polar surface area (TPSA) is 35.5 Å². The maximum Gasteiger partial charge on any atom is 0.0524 e. The van der Waals surface area contributed by atoms with E-state index in [0.29, 0.717) is 6.04 Å². The molecule has 0 spiro atoms. The third-order valence-corrected chi connectivity index (χ3v) is 3.82. The Balaban J connectivity index is 1.73. The lowest BCUT2D eigenvalue weighted by molar-refractivity contribution is 0.167. The summed E-state index contributed by atoms with van der Waals surface area (Å²) in [5.74, 6) is 0. The first-order valence-corrected chi connectivity index (χ1v) is 6.43. The molecule has 3 nitrogen and oxygen atoms in total. The monoisotopic (exact) mass is 212 g/mol. The van der Waals surface area contributed by atoms with Crippen molar-refractivity contribution >= 4 is 0 Å². The molecular formula is C12H24N2O. The third kappa shape index (κ3) is 2.92. The predicted molar refractivity (Wildman–Crippen MR) is 61.9 cm³/mol. The summed E-state index contributed by atoms with van der Waals surface area (Å²) in [6.45, 7) is 5.41. The van der Waals surface area contributed by atoms with Gasteiger partial charge in [-0.2, -0.15) is 0 Å². The van der Waals surface area contributed by atoms with Gasteiger partial charge in [0, 0.05) is 18.6 Å². The van der Waals surface area contributed by atoms with E-state index in [9.17, 15) is 5.11 Å². The molecule has 0 aromatic carbocycles. The van der Waals surface area contributed by atoms with Gasteiger partial charge in [0.05, 0.1) is 6.10 Å². The fraction of sp³-hybridized carbons (Fsp3) is 1.00. The standard InChI is InChI=1S/C12H24N2O/c1-10(15)5-7-13-11-6-9-14-8-3-2-4-12(11)14/h10-13,15H,2-9H2,1H3. The lowest BCUT2D eigenvalue weighted by Gasteiger charge is -2.32. The quantitative estimate of drug-likeness (QED) is 0.729. The van der Waals surface area contributed by atoms with Gasteiger partial charge in [-0.1, -0.05) is 6.42 Å². The molecule has 2 heterocycles. The van der Waals surface area contributed by atoms with E-state index in [2.05, 4.69) is 10.2 Å².